The average molecular weight is 245 g/mol. The van der Waals surface area contributed by atoms with Gasteiger partial charge in [0.1, 0.15) is 6.67 Å². The van der Waals surface area contributed by atoms with Crippen LogP contribution in [0.15, 0.2) is 36.4 Å². The number of benzene rings is 2. The molecular formula is C15H16FNO. The first-order valence-corrected chi connectivity index (χ1v) is 5.93. The number of nitrogens with zero attached hydrogens (tertiary/aromatic N) is 1. The summed E-state index contributed by atoms with van der Waals surface area (Å²) < 4.78 is 12.3. The summed E-state index contributed by atoms with van der Waals surface area (Å²) in [6.45, 7) is 1.58. The Labute approximate surface area is 106 Å². The fraction of sp³-hybridized carbons (Fsp3) is 0.267. The molecule has 0 aliphatic carbocycles. The van der Waals surface area contributed by atoms with E-state index in [0.717, 1.165) is 16.5 Å². The lowest BCUT2D eigenvalue weighted by Gasteiger charge is -2.18. The van der Waals surface area contributed by atoms with Crippen molar-refractivity contribution in [2.45, 2.75) is 6.92 Å². The van der Waals surface area contributed by atoms with Gasteiger partial charge in [0.2, 0.25) is 0 Å². The largest absolute Gasteiger partial charge is 0.372 e. The number of hydrogen-bond acceptors (Lipinski definition) is 2. The van der Waals surface area contributed by atoms with Gasteiger partial charge in [0, 0.05) is 24.8 Å². The molecule has 0 aliphatic rings. The van der Waals surface area contributed by atoms with Gasteiger partial charge in [-0.2, -0.15) is 0 Å². The highest BCUT2D eigenvalue weighted by Crippen LogP contribution is 2.22. The van der Waals surface area contributed by atoms with Crippen LogP contribution < -0.4 is 4.90 Å². The minimum absolute atomic E-state index is 0.0653. The molecule has 0 aliphatic heterocycles. The molecule has 2 rings (SSSR count). The maximum absolute atomic E-state index is 12.3. The second-order valence-corrected chi connectivity index (χ2v) is 4.41. The molecule has 0 radical (unpaired) electrons. The summed E-state index contributed by atoms with van der Waals surface area (Å²) in [6, 6.07) is 11.6. The molecule has 0 fully saturated rings. The first-order valence-electron chi connectivity index (χ1n) is 5.93. The lowest BCUT2D eigenvalue weighted by Crippen LogP contribution is -2.19. The molecule has 0 saturated heterocycles. The summed E-state index contributed by atoms with van der Waals surface area (Å²) in [5, 5.41) is 2.09. The molecule has 0 bridgehead atoms. The number of fused-ring (bicyclic) bond motifs is 1. The number of carbonyl (C=O) groups is 1. The van der Waals surface area contributed by atoms with Gasteiger partial charge in [0.05, 0.1) is 0 Å². The van der Waals surface area contributed by atoms with E-state index >= 15 is 0 Å². The van der Waals surface area contributed by atoms with Gasteiger partial charge in [-0.15, -0.1) is 0 Å². The highest BCUT2D eigenvalue weighted by Gasteiger charge is 2.04. The molecule has 0 unspecified atom stereocenters. The quantitative estimate of drug-likeness (QED) is 0.769. The Balaban J connectivity index is 2.41. The van der Waals surface area contributed by atoms with Crippen molar-refractivity contribution >= 4 is 22.2 Å². The van der Waals surface area contributed by atoms with Crippen LogP contribution in [0.4, 0.5) is 10.1 Å². The minimum Gasteiger partial charge on any atom is -0.372 e. The molecule has 2 nitrogen and oxygen atoms in total. The fourth-order valence-electron chi connectivity index (χ4n) is 1.95. The molecule has 0 saturated carbocycles. The monoisotopic (exact) mass is 245 g/mol. The number of Topliss-reactive ketones (excluding diaryl/α,β-unsaturated/α-hetero) is 1. The van der Waals surface area contributed by atoms with Crippen molar-refractivity contribution in [2.24, 2.45) is 0 Å². The van der Waals surface area contributed by atoms with Crippen LogP contribution in [0, 0.1) is 0 Å². The fourth-order valence-corrected chi connectivity index (χ4v) is 1.95. The maximum Gasteiger partial charge on any atom is 0.159 e. The van der Waals surface area contributed by atoms with Gasteiger partial charge in [-0.25, -0.2) is 4.39 Å². The van der Waals surface area contributed by atoms with E-state index in [1.807, 2.05) is 48.3 Å². The highest BCUT2D eigenvalue weighted by molar-refractivity contribution is 5.99. The van der Waals surface area contributed by atoms with Crippen molar-refractivity contribution in [3.63, 3.8) is 0 Å². The predicted octanol–water partition coefficient (Wildman–Crippen LogP) is 3.45. The summed E-state index contributed by atoms with van der Waals surface area (Å²) >= 11 is 0. The summed E-state index contributed by atoms with van der Waals surface area (Å²) in [6.07, 6.45) is 0. The first-order chi connectivity index (χ1) is 8.61. The second-order valence-electron chi connectivity index (χ2n) is 4.41. The molecule has 2 aromatic rings. The van der Waals surface area contributed by atoms with Crippen LogP contribution in [0.3, 0.4) is 0 Å². The highest BCUT2D eigenvalue weighted by atomic mass is 19.1. The zero-order valence-corrected chi connectivity index (χ0v) is 10.6. The topological polar surface area (TPSA) is 20.3 Å². The smallest absolute Gasteiger partial charge is 0.159 e. The third-order valence-corrected chi connectivity index (χ3v) is 3.09. The number of ketones is 1. The van der Waals surface area contributed by atoms with E-state index in [9.17, 15) is 9.18 Å². The van der Waals surface area contributed by atoms with Crippen LogP contribution in [0.5, 0.6) is 0 Å². The molecule has 2 aromatic carbocycles. The summed E-state index contributed by atoms with van der Waals surface area (Å²) in [4.78, 5) is 13.2. The number of anilines is 1. The Morgan fingerprint density at radius 1 is 1.17 bits per heavy atom. The number of alkyl halides is 1. The van der Waals surface area contributed by atoms with Gasteiger partial charge in [-0.05, 0) is 35.9 Å². The Bertz CT molecular complexity index is 580. The Kier molecular flexibility index (Phi) is 3.60. The molecule has 94 valence electrons. The maximum atomic E-state index is 12.3. The van der Waals surface area contributed by atoms with Gasteiger partial charge in [0.25, 0.3) is 0 Å². The third kappa shape index (κ3) is 2.50. The lowest BCUT2D eigenvalue weighted by molar-refractivity contribution is 0.101. The zero-order chi connectivity index (χ0) is 13.1. The van der Waals surface area contributed by atoms with Crippen LogP contribution in [-0.4, -0.2) is 26.1 Å². The summed E-state index contributed by atoms with van der Waals surface area (Å²) in [5.41, 5.74) is 1.70. The van der Waals surface area contributed by atoms with Crippen molar-refractivity contribution in [3.05, 3.63) is 42.0 Å². The van der Waals surface area contributed by atoms with E-state index in [1.54, 1.807) is 6.92 Å². The summed E-state index contributed by atoms with van der Waals surface area (Å²) in [7, 11) is 1.87. The second kappa shape index (κ2) is 5.17. The molecular weight excluding hydrogens is 229 g/mol. The first kappa shape index (κ1) is 12.6. The molecule has 0 N–H and O–H groups in total. The van der Waals surface area contributed by atoms with Crippen LogP contribution in [0.2, 0.25) is 0 Å². The van der Waals surface area contributed by atoms with Crippen molar-refractivity contribution in [1.29, 1.82) is 0 Å². The lowest BCUT2D eigenvalue weighted by atomic mass is 10.0. The van der Waals surface area contributed by atoms with Crippen molar-refractivity contribution in [2.75, 3.05) is 25.2 Å². The molecule has 0 aromatic heterocycles. The van der Waals surface area contributed by atoms with E-state index in [4.69, 9.17) is 0 Å². The molecule has 0 heterocycles. The number of carbonyl (C=O) groups excluding carboxylic acids is 1. The Morgan fingerprint density at radius 3 is 2.50 bits per heavy atom. The molecule has 3 heteroatoms. The van der Waals surface area contributed by atoms with Crippen molar-refractivity contribution in [3.8, 4) is 0 Å². The third-order valence-electron chi connectivity index (χ3n) is 3.09. The molecule has 0 atom stereocenters. The van der Waals surface area contributed by atoms with Crippen molar-refractivity contribution in [1.82, 2.24) is 0 Å². The van der Waals surface area contributed by atoms with E-state index in [0.29, 0.717) is 12.1 Å². The average Bonchev–Trinajstić information content (AvgIpc) is 2.37. The van der Waals surface area contributed by atoms with E-state index in [-0.39, 0.29) is 12.5 Å². The van der Waals surface area contributed by atoms with Crippen LogP contribution >= 0.6 is 0 Å². The zero-order valence-electron chi connectivity index (χ0n) is 10.6. The number of hydrogen-bond donors (Lipinski definition) is 0. The Morgan fingerprint density at radius 2 is 1.83 bits per heavy atom. The van der Waals surface area contributed by atoms with Crippen LogP contribution in [0.25, 0.3) is 10.8 Å². The standard InChI is InChI=1S/C15H16FNO/c1-11(18)12-3-4-14-10-15(17(2)8-7-16)6-5-13(14)9-12/h3-6,9-10H,7-8H2,1-2H3. The molecule has 0 amide bonds. The number of halogens is 1. The van der Waals surface area contributed by atoms with Gasteiger partial charge < -0.3 is 4.90 Å². The van der Waals surface area contributed by atoms with E-state index in [1.165, 1.54) is 0 Å². The van der Waals surface area contributed by atoms with Gasteiger partial charge in [-0.1, -0.05) is 18.2 Å². The minimum atomic E-state index is -0.363. The van der Waals surface area contributed by atoms with E-state index in [2.05, 4.69) is 0 Å². The Hall–Kier alpha value is -1.90. The van der Waals surface area contributed by atoms with Gasteiger partial charge >= 0.3 is 0 Å². The van der Waals surface area contributed by atoms with Crippen LogP contribution in [0.1, 0.15) is 17.3 Å². The molecule has 18 heavy (non-hydrogen) atoms. The number of rotatable bonds is 4. The SMILES string of the molecule is CC(=O)c1ccc2cc(N(C)CCF)ccc2c1. The summed E-state index contributed by atoms with van der Waals surface area (Å²) in [5.74, 6) is 0.0653. The predicted molar refractivity (Wildman–Crippen MR) is 73.2 cm³/mol. The van der Waals surface area contributed by atoms with Gasteiger partial charge in [0.15, 0.2) is 5.78 Å². The molecule has 0 spiro atoms. The normalized spacial score (nSPS) is 10.6. The van der Waals surface area contributed by atoms with Crippen LogP contribution in [-0.2, 0) is 0 Å². The van der Waals surface area contributed by atoms with Gasteiger partial charge in [-0.3, -0.25) is 4.79 Å². The van der Waals surface area contributed by atoms with E-state index < -0.39 is 0 Å². The van der Waals surface area contributed by atoms with Crippen molar-refractivity contribution < 1.29 is 9.18 Å².